The van der Waals surface area contributed by atoms with Crippen LogP contribution in [0.5, 0.6) is 0 Å². The van der Waals surface area contributed by atoms with Crippen LogP contribution in [-0.2, 0) is 6.54 Å². The molecule has 2 amide bonds. The van der Waals surface area contributed by atoms with Crippen LogP contribution >= 0.6 is 0 Å². The Morgan fingerprint density at radius 2 is 1.76 bits per heavy atom. The number of amides is 2. The van der Waals surface area contributed by atoms with Crippen molar-refractivity contribution < 1.29 is 18.5 Å². The van der Waals surface area contributed by atoms with E-state index in [9.17, 15) is 9.59 Å². The van der Waals surface area contributed by atoms with Gasteiger partial charge in [0, 0.05) is 17.2 Å². The Balaban J connectivity index is 1.18. The van der Waals surface area contributed by atoms with Crippen LogP contribution in [0.25, 0.3) is 17.0 Å². The molecule has 34 heavy (non-hydrogen) atoms. The molecule has 9 heteroatoms. The van der Waals surface area contributed by atoms with Crippen LogP contribution in [0.1, 0.15) is 26.4 Å². The first-order valence-corrected chi connectivity index (χ1v) is 10.4. The number of hydrogen-bond donors (Lipinski definition) is 2. The third-order valence-electron chi connectivity index (χ3n) is 5.07. The Morgan fingerprint density at radius 3 is 2.53 bits per heavy atom. The summed E-state index contributed by atoms with van der Waals surface area (Å²) in [5.74, 6) is 0.126. The van der Waals surface area contributed by atoms with E-state index >= 15 is 0 Å². The first-order chi connectivity index (χ1) is 16.7. The smallest absolute Gasteiger partial charge is 0.259 e. The molecule has 0 fully saturated rings. The van der Waals surface area contributed by atoms with Crippen molar-refractivity contribution in [1.29, 1.82) is 0 Å². The van der Waals surface area contributed by atoms with Gasteiger partial charge in [-0.3, -0.25) is 9.59 Å². The Bertz CT molecular complexity index is 1400. The third-order valence-corrected chi connectivity index (χ3v) is 5.07. The van der Waals surface area contributed by atoms with Gasteiger partial charge in [-0.25, -0.2) is 4.68 Å². The topological polar surface area (TPSA) is 115 Å². The molecule has 2 N–H and O–H groups in total. The molecule has 0 bridgehead atoms. The summed E-state index contributed by atoms with van der Waals surface area (Å²) < 4.78 is 11.9. The molecular formula is C25H19N5O4. The van der Waals surface area contributed by atoms with E-state index < -0.39 is 0 Å². The van der Waals surface area contributed by atoms with E-state index in [2.05, 4.69) is 20.9 Å². The average molecular weight is 453 g/mol. The van der Waals surface area contributed by atoms with Crippen molar-refractivity contribution in [3.8, 4) is 17.0 Å². The number of nitrogens with zero attached hydrogens (tertiary/aromatic N) is 3. The highest BCUT2D eigenvalue weighted by Crippen LogP contribution is 2.20. The van der Waals surface area contributed by atoms with Gasteiger partial charge < -0.3 is 19.6 Å². The lowest BCUT2D eigenvalue weighted by atomic mass is 10.1. The number of carbonyl (C=O) groups excluding carboxylic acids is 2. The lowest BCUT2D eigenvalue weighted by molar-refractivity contribution is 0.0949. The molecule has 0 saturated carbocycles. The van der Waals surface area contributed by atoms with Gasteiger partial charge in [-0.1, -0.05) is 35.5 Å². The Kier molecular flexibility index (Phi) is 5.73. The molecule has 0 aliphatic rings. The summed E-state index contributed by atoms with van der Waals surface area (Å²) in [5, 5.41) is 13.9. The number of furan rings is 1. The normalized spacial score (nSPS) is 10.7. The first-order valence-electron chi connectivity index (χ1n) is 10.4. The number of aromatic nitrogens is 3. The monoisotopic (exact) mass is 453 g/mol. The van der Waals surface area contributed by atoms with E-state index in [1.807, 2.05) is 30.3 Å². The van der Waals surface area contributed by atoms with E-state index in [4.69, 9.17) is 8.94 Å². The van der Waals surface area contributed by atoms with Crippen molar-refractivity contribution in [2.24, 2.45) is 0 Å². The lowest BCUT2D eigenvalue weighted by Gasteiger charge is -2.05. The number of hydrogen-bond acceptors (Lipinski definition) is 6. The maximum absolute atomic E-state index is 12.5. The molecule has 5 rings (SSSR count). The summed E-state index contributed by atoms with van der Waals surface area (Å²) in [4.78, 5) is 24.6. The van der Waals surface area contributed by atoms with E-state index in [0.717, 1.165) is 11.3 Å². The highest BCUT2D eigenvalue weighted by Gasteiger charge is 2.11. The molecule has 3 heterocycles. The molecule has 0 atom stereocenters. The summed E-state index contributed by atoms with van der Waals surface area (Å²) in [6.45, 7) is 0.246. The molecule has 0 aliphatic carbocycles. The number of rotatable bonds is 7. The van der Waals surface area contributed by atoms with Gasteiger partial charge in [0.25, 0.3) is 11.8 Å². The minimum absolute atomic E-state index is 0.232. The van der Waals surface area contributed by atoms with Gasteiger partial charge in [0.15, 0.2) is 5.76 Å². The van der Waals surface area contributed by atoms with Crippen molar-refractivity contribution in [3.63, 3.8) is 0 Å². The molecule has 0 saturated heterocycles. The van der Waals surface area contributed by atoms with Crippen molar-refractivity contribution in [2.75, 3.05) is 5.32 Å². The van der Waals surface area contributed by atoms with Gasteiger partial charge in [-0.15, -0.1) is 0 Å². The van der Waals surface area contributed by atoms with Crippen molar-refractivity contribution in [3.05, 3.63) is 108 Å². The van der Waals surface area contributed by atoms with Crippen molar-refractivity contribution in [2.45, 2.75) is 6.54 Å². The van der Waals surface area contributed by atoms with E-state index in [1.54, 1.807) is 53.5 Å². The molecule has 5 aromatic rings. The summed E-state index contributed by atoms with van der Waals surface area (Å²) in [7, 11) is 0. The van der Waals surface area contributed by atoms with Crippen molar-refractivity contribution in [1.82, 2.24) is 20.3 Å². The van der Waals surface area contributed by atoms with Crippen LogP contribution in [0.2, 0.25) is 0 Å². The van der Waals surface area contributed by atoms with Gasteiger partial charge in [-0.05, 0) is 30.3 Å². The number of anilines is 1. The third kappa shape index (κ3) is 4.63. The van der Waals surface area contributed by atoms with Crippen LogP contribution in [0, 0.1) is 0 Å². The highest BCUT2D eigenvalue weighted by atomic mass is 16.5. The lowest BCUT2D eigenvalue weighted by Crippen LogP contribution is -2.22. The summed E-state index contributed by atoms with van der Waals surface area (Å²) in [5.41, 5.74) is 3.75. The van der Waals surface area contributed by atoms with Gasteiger partial charge in [-0.2, -0.15) is 5.10 Å². The maximum atomic E-state index is 12.5. The fourth-order valence-electron chi connectivity index (χ4n) is 3.30. The van der Waals surface area contributed by atoms with Crippen molar-refractivity contribution >= 4 is 17.5 Å². The maximum Gasteiger partial charge on any atom is 0.259 e. The minimum Gasteiger partial charge on any atom is -0.472 e. The zero-order valence-electron chi connectivity index (χ0n) is 17.8. The standard InChI is InChI=1S/C25H19N5O4/c31-24(26-13-20-12-23(34-29-20)17-4-2-1-3-5-17)18-6-8-22(9-7-18)30-15-21(14-27-30)28-25(32)19-10-11-33-16-19/h1-12,14-16H,13H2,(H,26,31)(H,28,32). The second kappa shape index (κ2) is 9.29. The SMILES string of the molecule is O=C(NCc1cc(-c2ccccc2)on1)c1ccc(-n2cc(NC(=O)c3ccoc3)cn2)cc1. The highest BCUT2D eigenvalue weighted by molar-refractivity contribution is 6.03. The molecule has 0 aliphatic heterocycles. The predicted molar refractivity (Wildman–Crippen MR) is 123 cm³/mol. The average Bonchev–Trinajstić information content (AvgIpc) is 3.65. The van der Waals surface area contributed by atoms with E-state index in [-0.39, 0.29) is 18.4 Å². The Morgan fingerprint density at radius 1 is 0.941 bits per heavy atom. The number of benzene rings is 2. The molecule has 9 nitrogen and oxygen atoms in total. The van der Waals surface area contributed by atoms with Crippen LogP contribution in [0.4, 0.5) is 5.69 Å². The summed E-state index contributed by atoms with van der Waals surface area (Å²) in [6, 6.07) is 20.0. The minimum atomic E-state index is -0.289. The molecule has 168 valence electrons. The fraction of sp³-hybridized carbons (Fsp3) is 0.0400. The predicted octanol–water partition coefficient (Wildman–Crippen LogP) is 4.30. The quantitative estimate of drug-likeness (QED) is 0.380. The second-order valence-corrected chi connectivity index (χ2v) is 7.42. The Labute approximate surface area is 194 Å². The van der Waals surface area contributed by atoms with E-state index in [1.165, 1.54) is 12.5 Å². The van der Waals surface area contributed by atoms with Crippen LogP contribution in [0.15, 0.2) is 101 Å². The van der Waals surface area contributed by atoms with Gasteiger partial charge in [0.1, 0.15) is 12.0 Å². The second-order valence-electron chi connectivity index (χ2n) is 7.42. The van der Waals surface area contributed by atoms with E-state index in [0.29, 0.717) is 28.3 Å². The molecular weight excluding hydrogens is 434 g/mol. The van der Waals surface area contributed by atoms with Crippen LogP contribution < -0.4 is 10.6 Å². The number of nitrogens with one attached hydrogen (secondary N) is 2. The fourth-order valence-corrected chi connectivity index (χ4v) is 3.30. The Hall–Kier alpha value is -4.92. The summed E-state index contributed by atoms with van der Waals surface area (Å²) >= 11 is 0. The molecule has 3 aromatic heterocycles. The molecule has 2 aromatic carbocycles. The van der Waals surface area contributed by atoms with Gasteiger partial charge in [0.05, 0.1) is 42.1 Å². The zero-order valence-corrected chi connectivity index (χ0v) is 17.8. The summed E-state index contributed by atoms with van der Waals surface area (Å²) in [6.07, 6.45) is 6.03. The first kappa shape index (κ1) is 21.0. The molecule has 0 spiro atoms. The van der Waals surface area contributed by atoms with Crippen LogP contribution in [-0.4, -0.2) is 26.8 Å². The van der Waals surface area contributed by atoms with Gasteiger partial charge in [0.2, 0.25) is 0 Å². The van der Waals surface area contributed by atoms with Crippen LogP contribution in [0.3, 0.4) is 0 Å². The largest absolute Gasteiger partial charge is 0.472 e. The molecule has 0 radical (unpaired) electrons. The molecule has 0 unspecified atom stereocenters. The van der Waals surface area contributed by atoms with Gasteiger partial charge >= 0.3 is 0 Å². The number of carbonyl (C=O) groups is 2. The zero-order chi connectivity index (χ0) is 23.3.